The fourth-order valence-electron chi connectivity index (χ4n) is 8.67. The van der Waals surface area contributed by atoms with Crippen LogP contribution in [0.4, 0.5) is 11.4 Å². The Morgan fingerprint density at radius 3 is 1.27 bits per heavy atom. The molecule has 0 spiro atoms. The number of piperidine rings is 2. The van der Waals surface area contributed by atoms with Crippen molar-refractivity contribution in [1.29, 1.82) is 0 Å². The summed E-state index contributed by atoms with van der Waals surface area (Å²) in [4.78, 5) is 5.21. The van der Waals surface area contributed by atoms with Crippen LogP contribution < -0.4 is 9.80 Å². The quantitative estimate of drug-likeness (QED) is 0.192. The summed E-state index contributed by atoms with van der Waals surface area (Å²) >= 11 is 3.96. The Labute approximate surface area is 267 Å². The molecule has 2 aliphatic rings. The van der Waals surface area contributed by atoms with Crippen molar-refractivity contribution in [2.75, 3.05) is 36.0 Å². The van der Waals surface area contributed by atoms with Crippen LogP contribution in [0.5, 0.6) is 0 Å². The summed E-state index contributed by atoms with van der Waals surface area (Å²) in [6.45, 7) is 14.3. The number of nitrogens with zero attached hydrogens (tertiary/aromatic N) is 2. The summed E-state index contributed by atoms with van der Waals surface area (Å²) in [6, 6.07) is 28.8. The first kappa shape index (κ1) is 27.0. The maximum atomic E-state index is 2.61. The van der Waals surface area contributed by atoms with E-state index in [-0.39, 0.29) is 0 Å². The van der Waals surface area contributed by atoms with Gasteiger partial charge >= 0.3 is 0 Å². The van der Waals surface area contributed by atoms with E-state index in [2.05, 4.69) is 110 Å². The van der Waals surface area contributed by atoms with Gasteiger partial charge in [0.2, 0.25) is 0 Å². The lowest BCUT2D eigenvalue weighted by Gasteiger charge is -2.36. The molecular weight excluding hydrogens is 573 g/mol. The molecule has 4 atom stereocenters. The maximum absolute atomic E-state index is 2.61. The van der Waals surface area contributed by atoms with Crippen molar-refractivity contribution >= 4 is 95.9 Å². The lowest BCUT2D eigenvalue weighted by Crippen LogP contribution is -2.38. The molecule has 4 heterocycles. The average Bonchev–Trinajstić information content (AvgIpc) is 3.54. The van der Waals surface area contributed by atoms with E-state index >= 15 is 0 Å². The van der Waals surface area contributed by atoms with Crippen molar-refractivity contribution in [2.24, 2.45) is 23.7 Å². The highest BCUT2D eigenvalue weighted by molar-refractivity contribution is 7.33. The average molecular weight is 613 g/mol. The number of anilines is 2. The van der Waals surface area contributed by atoms with Crippen LogP contribution >= 0.6 is 22.7 Å². The van der Waals surface area contributed by atoms with Crippen molar-refractivity contribution in [2.45, 2.75) is 40.5 Å². The van der Waals surface area contributed by atoms with Gasteiger partial charge in [-0.3, -0.25) is 0 Å². The van der Waals surface area contributed by atoms with Gasteiger partial charge in [-0.25, -0.2) is 0 Å². The van der Waals surface area contributed by atoms with Gasteiger partial charge < -0.3 is 9.80 Å². The zero-order valence-electron chi connectivity index (χ0n) is 26.2. The van der Waals surface area contributed by atoms with E-state index in [0.29, 0.717) is 0 Å². The normalized spacial score (nSPS) is 23.3. The predicted molar refractivity (Wildman–Crippen MR) is 198 cm³/mol. The highest BCUT2D eigenvalue weighted by Crippen LogP contribution is 2.46. The Balaban J connectivity index is 1.15. The zero-order chi connectivity index (χ0) is 29.7. The summed E-state index contributed by atoms with van der Waals surface area (Å²) in [5.74, 6) is 3.02. The molecule has 0 aliphatic carbocycles. The third-order valence-electron chi connectivity index (χ3n) is 10.4. The molecular formula is C40H40N2S2. The number of hydrogen-bond donors (Lipinski definition) is 0. The van der Waals surface area contributed by atoms with Gasteiger partial charge in [-0.05, 0) is 107 Å². The second-order valence-corrected chi connectivity index (χ2v) is 16.6. The van der Waals surface area contributed by atoms with Gasteiger partial charge in [0.25, 0.3) is 0 Å². The molecule has 2 aromatic heterocycles. The molecule has 2 fully saturated rings. The highest BCUT2D eigenvalue weighted by atomic mass is 32.1. The summed E-state index contributed by atoms with van der Waals surface area (Å²) < 4.78 is 5.67. The number of rotatable bonds is 2. The molecule has 2 saturated heterocycles. The van der Waals surface area contributed by atoms with E-state index in [4.69, 9.17) is 0 Å². The number of benzene rings is 5. The van der Waals surface area contributed by atoms with Gasteiger partial charge in [-0.15, -0.1) is 22.7 Å². The van der Waals surface area contributed by atoms with Crippen LogP contribution in [0, 0.1) is 23.7 Å². The highest BCUT2D eigenvalue weighted by Gasteiger charge is 2.24. The summed E-state index contributed by atoms with van der Waals surface area (Å²) in [5.41, 5.74) is 2.76. The van der Waals surface area contributed by atoms with Crippen LogP contribution in [0.25, 0.3) is 61.9 Å². The van der Waals surface area contributed by atoms with Crippen molar-refractivity contribution in [3.8, 4) is 0 Å². The topological polar surface area (TPSA) is 6.48 Å². The van der Waals surface area contributed by atoms with E-state index < -0.39 is 0 Å². The van der Waals surface area contributed by atoms with E-state index in [1.165, 1.54) is 86.1 Å². The summed E-state index contributed by atoms with van der Waals surface area (Å²) in [5, 5.41) is 11.0. The van der Waals surface area contributed by atoms with Crippen molar-refractivity contribution < 1.29 is 0 Å². The molecule has 4 unspecified atom stereocenters. The predicted octanol–water partition coefficient (Wildman–Crippen LogP) is 11.7. The van der Waals surface area contributed by atoms with Crippen molar-refractivity contribution in [1.82, 2.24) is 0 Å². The second-order valence-electron chi connectivity index (χ2n) is 14.5. The Kier molecular flexibility index (Phi) is 6.19. The van der Waals surface area contributed by atoms with Crippen molar-refractivity contribution in [3.63, 3.8) is 0 Å². The van der Waals surface area contributed by atoms with Crippen LogP contribution in [-0.2, 0) is 0 Å². The fourth-order valence-corrected chi connectivity index (χ4v) is 11.3. The minimum absolute atomic E-state index is 0.755. The smallest absolute Gasteiger partial charge is 0.0534 e. The molecule has 0 N–H and O–H groups in total. The molecule has 5 aromatic carbocycles. The number of thiophene rings is 2. The molecule has 0 radical (unpaired) electrons. The van der Waals surface area contributed by atoms with Gasteiger partial charge in [-0.1, -0.05) is 52.0 Å². The van der Waals surface area contributed by atoms with Gasteiger partial charge in [-0.2, -0.15) is 0 Å². The Hall–Kier alpha value is -3.34. The minimum Gasteiger partial charge on any atom is -0.371 e. The number of hydrogen-bond acceptors (Lipinski definition) is 4. The molecule has 0 amide bonds. The first-order chi connectivity index (χ1) is 21.4. The Morgan fingerprint density at radius 1 is 0.455 bits per heavy atom. The zero-order valence-corrected chi connectivity index (χ0v) is 27.8. The third-order valence-corrected chi connectivity index (χ3v) is 12.9. The molecule has 0 saturated carbocycles. The SMILES string of the molecule is CC1CC(C)CN(c2ccc3cc4c(cc3c2)sc2c4ccc3c4cc5ccc(N6CC(C)CC(C)C6)cc5cc4sc32)C1. The van der Waals surface area contributed by atoms with E-state index in [0.717, 1.165) is 49.9 Å². The molecule has 4 heteroatoms. The molecule has 7 aromatic rings. The van der Waals surface area contributed by atoms with Gasteiger partial charge in [0, 0.05) is 68.5 Å². The Morgan fingerprint density at radius 2 is 0.864 bits per heavy atom. The van der Waals surface area contributed by atoms with E-state index in [9.17, 15) is 0 Å². The standard InChI is InChI=1S/C40H40N2S2/c1-23-11-24(2)20-41(19-23)31-7-5-27-15-35-33-9-10-34-36-16-28-6-8-32(42-21-25(3)12-26(4)22-42)14-30(28)18-38(36)44-40(34)39(33)43-37(35)17-29(27)13-31/h5-10,13-18,23-26H,11-12,19-22H2,1-4H3. The molecule has 44 heavy (non-hydrogen) atoms. The lowest BCUT2D eigenvalue weighted by atomic mass is 9.91. The molecule has 9 rings (SSSR count). The van der Waals surface area contributed by atoms with Crippen LogP contribution in [0.3, 0.4) is 0 Å². The second kappa shape index (κ2) is 10.1. The van der Waals surface area contributed by atoms with Crippen LogP contribution in [0.2, 0.25) is 0 Å². The third kappa shape index (κ3) is 4.40. The summed E-state index contributed by atoms with van der Waals surface area (Å²) in [6.07, 6.45) is 2.68. The van der Waals surface area contributed by atoms with E-state index in [1.54, 1.807) is 0 Å². The summed E-state index contributed by atoms with van der Waals surface area (Å²) in [7, 11) is 0. The largest absolute Gasteiger partial charge is 0.371 e. The maximum Gasteiger partial charge on any atom is 0.0534 e. The molecule has 222 valence electrons. The number of fused-ring (bicyclic) bond motifs is 9. The minimum atomic E-state index is 0.755. The van der Waals surface area contributed by atoms with E-state index in [1.807, 2.05) is 22.7 Å². The van der Waals surface area contributed by atoms with Gasteiger partial charge in [0.05, 0.1) is 9.40 Å². The van der Waals surface area contributed by atoms with Crippen LogP contribution in [0.1, 0.15) is 40.5 Å². The van der Waals surface area contributed by atoms with Gasteiger partial charge in [0.1, 0.15) is 0 Å². The first-order valence-electron chi connectivity index (χ1n) is 16.6. The van der Waals surface area contributed by atoms with Crippen molar-refractivity contribution in [3.05, 3.63) is 72.8 Å². The molecule has 2 aliphatic heterocycles. The molecule has 0 bridgehead atoms. The van der Waals surface area contributed by atoms with Gasteiger partial charge in [0.15, 0.2) is 0 Å². The van der Waals surface area contributed by atoms with Crippen LogP contribution in [-0.4, -0.2) is 26.2 Å². The first-order valence-corrected chi connectivity index (χ1v) is 18.2. The monoisotopic (exact) mass is 612 g/mol. The fraction of sp³-hybridized carbons (Fsp3) is 0.350. The van der Waals surface area contributed by atoms with Crippen LogP contribution in [0.15, 0.2) is 72.8 Å². The Bertz CT molecular complexity index is 2060. The molecule has 2 nitrogen and oxygen atoms in total. The lowest BCUT2D eigenvalue weighted by molar-refractivity contribution is 0.357.